The molecule has 4 nitrogen and oxygen atoms in total. The van der Waals surface area contributed by atoms with Crippen molar-refractivity contribution in [3.8, 4) is 6.07 Å². The standard InChI is InChI=1S/C25H42N2O2/c1-18(2)19(3)14-20-15-22-10-12-27(24(22)23(16-20)17-26)11-7-13-29-25(28)21-8-5-4-6-9-21/h18-24H,4-16H2,1-3H3. The van der Waals surface area contributed by atoms with Gasteiger partial charge in [0.15, 0.2) is 0 Å². The average Bonchev–Trinajstić information content (AvgIpc) is 3.14. The number of hydrogen-bond acceptors (Lipinski definition) is 4. The lowest BCUT2D eigenvalue weighted by Gasteiger charge is -2.40. The first-order chi connectivity index (χ1) is 14.0. The maximum Gasteiger partial charge on any atom is 0.308 e. The molecule has 3 fully saturated rings. The quantitative estimate of drug-likeness (QED) is 0.402. The van der Waals surface area contributed by atoms with Crippen LogP contribution in [-0.2, 0) is 9.53 Å². The molecule has 0 bridgehead atoms. The summed E-state index contributed by atoms with van der Waals surface area (Å²) in [7, 11) is 0. The summed E-state index contributed by atoms with van der Waals surface area (Å²) in [4.78, 5) is 14.8. The van der Waals surface area contributed by atoms with Crippen LogP contribution in [0.3, 0.4) is 0 Å². The van der Waals surface area contributed by atoms with Crippen LogP contribution in [0.1, 0.15) is 85.0 Å². The molecule has 3 rings (SSSR count). The molecular weight excluding hydrogens is 360 g/mol. The van der Waals surface area contributed by atoms with Crippen molar-refractivity contribution in [3.05, 3.63) is 0 Å². The number of carbonyl (C=O) groups is 1. The van der Waals surface area contributed by atoms with Gasteiger partial charge in [0.25, 0.3) is 0 Å². The summed E-state index contributed by atoms with van der Waals surface area (Å²) in [6.07, 6.45) is 11.4. The van der Waals surface area contributed by atoms with Gasteiger partial charge in [-0.1, -0.05) is 40.0 Å². The maximum absolute atomic E-state index is 12.2. The molecule has 2 saturated carbocycles. The van der Waals surface area contributed by atoms with Crippen LogP contribution in [-0.4, -0.2) is 36.6 Å². The van der Waals surface area contributed by atoms with Crippen molar-refractivity contribution < 1.29 is 9.53 Å². The van der Waals surface area contributed by atoms with Crippen molar-refractivity contribution >= 4 is 5.97 Å². The van der Waals surface area contributed by atoms with E-state index < -0.39 is 0 Å². The smallest absolute Gasteiger partial charge is 0.308 e. The van der Waals surface area contributed by atoms with Gasteiger partial charge in [-0.3, -0.25) is 9.69 Å². The minimum absolute atomic E-state index is 0.0266. The van der Waals surface area contributed by atoms with Gasteiger partial charge >= 0.3 is 5.97 Å². The zero-order valence-electron chi connectivity index (χ0n) is 18.9. The molecule has 0 aromatic rings. The van der Waals surface area contributed by atoms with Gasteiger partial charge in [-0.05, 0) is 75.2 Å². The molecule has 0 aromatic carbocycles. The highest BCUT2D eigenvalue weighted by Gasteiger charge is 2.44. The normalized spacial score (nSPS) is 32.0. The van der Waals surface area contributed by atoms with Gasteiger partial charge in [0.05, 0.1) is 24.5 Å². The summed E-state index contributed by atoms with van der Waals surface area (Å²) in [5.74, 6) is 3.21. The Labute approximate surface area is 178 Å². The Bertz CT molecular complexity index is 564. The fraction of sp³-hybridized carbons (Fsp3) is 0.920. The second-order valence-corrected chi connectivity index (χ2v) is 10.5. The van der Waals surface area contributed by atoms with Gasteiger partial charge in [0, 0.05) is 12.6 Å². The number of carbonyl (C=O) groups excluding carboxylic acids is 1. The molecule has 0 amide bonds. The fourth-order valence-electron chi connectivity index (χ4n) is 6.09. The van der Waals surface area contributed by atoms with E-state index in [0.717, 1.165) is 56.5 Å². The molecule has 1 aliphatic heterocycles. The Morgan fingerprint density at radius 1 is 1.14 bits per heavy atom. The molecule has 0 aromatic heterocycles. The number of esters is 1. The molecule has 2 aliphatic carbocycles. The minimum atomic E-state index is 0.0266. The molecule has 0 spiro atoms. The molecule has 29 heavy (non-hydrogen) atoms. The summed E-state index contributed by atoms with van der Waals surface area (Å²) >= 11 is 0. The molecule has 5 unspecified atom stereocenters. The minimum Gasteiger partial charge on any atom is -0.465 e. The number of likely N-dealkylation sites (tertiary alicyclic amines) is 1. The summed E-state index contributed by atoms with van der Waals surface area (Å²) in [5.41, 5.74) is 0. The molecule has 3 aliphatic rings. The topological polar surface area (TPSA) is 53.3 Å². The SMILES string of the molecule is CC(C)C(C)CC1CC(C#N)C2C(CCN2CCCOC(=O)C2CCCCC2)C1. The van der Waals surface area contributed by atoms with E-state index in [9.17, 15) is 10.1 Å². The third kappa shape index (κ3) is 5.97. The van der Waals surface area contributed by atoms with Crippen LogP contribution < -0.4 is 0 Å². The Morgan fingerprint density at radius 2 is 1.90 bits per heavy atom. The number of nitriles is 1. The van der Waals surface area contributed by atoms with E-state index in [4.69, 9.17) is 4.74 Å². The van der Waals surface area contributed by atoms with Crippen LogP contribution in [0.2, 0.25) is 0 Å². The monoisotopic (exact) mass is 402 g/mol. The van der Waals surface area contributed by atoms with E-state index in [1.807, 2.05) is 0 Å². The number of nitrogens with zero attached hydrogens (tertiary/aromatic N) is 2. The van der Waals surface area contributed by atoms with Gasteiger partial charge in [0.2, 0.25) is 0 Å². The maximum atomic E-state index is 12.2. The van der Waals surface area contributed by atoms with Crippen molar-refractivity contribution in [2.24, 2.45) is 35.5 Å². The Kier molecular flexibility index (Phi) is 8.42. The summed E-state index contributed by atoms with van der Waals surface area (Å²) in [6.45, 7) is 9.61. The van der Waals surface area contributed by atoms with Crippen LogP contribution >= 0.6 is 0 Å². The number of fused-ring (bicyclic) bond motifs is 1. The molecule has 0 N–H and O–H groups in total. The molecule has 164 valence electrons. The van der Waals surface area contributed by atoms with Crippen molar-refractivity contribution in [2.75, 3.05) is 19.7 Å². The molecular formula is C25H42N2O2. The second kappa shape index (κ2) is 10.8. The number of hydrogen-bond donors (Lipinski definition) is 0. The zero-order chi connectivity index (χ0) is 20.8. The van der Waals surface area contributed by atoms with Crippen molar-refractivity contribution in [1.82, 2.24) is 4.90 Å². The van der Waals surface area contributed by atoms with Crippen LogP contribution in [0.5, 0.6) is 0 Å². The van der Waals surface area contributed by atoms with E-state index in [1.165, 1.54) is 38.5 Å². The van der Waals surface area contributed by atoms with E-state index in [-0.39, 0.29) is 17.8 Å². The van der Waals surface area contributed by atoms with Gasteiger partial charge < -0.3 is 4.74 Å². The summed E-state index contributed by atoms with van der Waals surface area (Å²) in [6, 6.07) is 3.09. The molecule has 1 saturated heterocycles. The van der Waals surface area contributed by atoms with Crippen LogP contribution in [0.25, 0.3) is 0 Å². The van der Waals surface area contributed by atoms with E-state index in [1.54, 1.807) is 0 Å². The summed E-state index contributed by atoms with van der Waals surface area (Å²) < 4.78 is 5.58. The first-order valence-electron chi connectivity index (χ1n) is 12.3. The highest BCUT2D eigenvalue weighted by atomic mass is 16.5. The van der Waals surface area contributed by atoms with Crippen molar-refractivity contribution in [3.63, 3.8) is 0 Å². The Balaban J connectivity index is 1.43. The molecule has 5 atom stereocenters. The van der Waals surface area contributed by atoms with Gasteiger partial charge in [-0.2, -0.15) is 5.26 Å². The lowest BCUT2D eigenvalue weighted by molar-refractivity contribution is -0.149. The van der Waals surface area contributed by atoms with Crippen LogP contribution in [0, 0.1) is 46.8 Å². The van der Waals surface area contributed by atoms with E-state index in [0.29, 0.717) is 18.6 Å². The zero-order valence-corrected chi connectivity index (χ0v) is 18.9. The highest BCUT2D eigenvalue weighted by Crippen LogP contribution is 2.44. The third-order valence-corrected chi connectivity index (χ3v) is 8.11. The highest BCUT2D eigenvalue weighted by molar-refractivity contribution is 5.72. The summed E-state index contributed by atoms with van der Waals surface area (Å²) in [5, 5.41) is 9.86. The van der Waals surface area contributed by atoms with Crippen LogP contribution in [0.4, 0.5) is 0 Å². The largest absolute Gasteiger partial charge is 0.465 e. The van der Waals surface area contributed by atoms with Gasteiger partial charge in [0.1, 0.15) is 0 Å². The fourth-order valence-corrected chi connectivity index (χ4v) is 6.09. The number of rotatable bonds is 8. The van der Waals surface area contributed by atoms with Gasteiger partial charge in [-0.15, -0.1) is 0 Å². The predicted octanol–water partition coefficient (Wildman–Crippen LogP) is 5.42. The Hall–Kier alpha value is -1.08. The first-order valence-corrected chi connectivity index (χ1v) is 12.3. The lowest BCUT2D eigenvalue weighted by atomic mass is 9.69. The van der Waals surface area contributed by atoms with Crippen molar-refractivity contribution in [1.29, 1.82) is 5.26 Å². The Morgan fingerprint density at radius 3 is 2.59 bits per heavy atom. The third-order valence-electron chi connectivity index (χ3n) is 8.11. The number of ether oxygens (including phenoxy) is 1. The van der Waals surface area contributed by atoms with Crippen molar-refractivity contribution in [2.45, 2.75) is 91.0 Å². The van der Waals surface area contributed by atoms with Gasteiger partial charge in [-0.25, -0.2) is 0 Å². The molecule has 0 radical (unpaired) electrons. The molecule has 1 heterocycles. The average molecular weight is 403 g/mol. The predicted molar refractivity (Wildman–Crippen MR) is 116 cm³/mol. The first kappa shape index (κ1) is 22.6. The second-order valence-electron chi connectivity index (χ2n) is 10.5. The van der Waals surface area contributed by atoms with E-state index >= 15 is 0 Å². The molecule has 4 heteroatoms. The van der Waals surface area contributed by atoms with Crippen LogP contribution in [0.15, 0.2) is 0 Å². The lowest BCUT2D eigenvalue weighted by Crippen LogP contribution is -2.44. The van der Waals surface area contributed by atoms with E-state index in [2.05, 4.69) is 31.7 Å².